The second kappa shape index (κ2) is 12.2. The van der Waals surface area contributed by atoms with Crippen molar-refractivity contribution in [3.8, 4) is 0 Å². The normalized spacial score (nSPS) is 9.43. The van der Waals surface area contributed by atoms with Gasteiger partial charge in [0.05, 0.1) is 0 Å². The summed E-state index contributed by atoms with van der Waals surface area (Å²) in [5.41, 5.74) is 0. The van der Waals surface area contributed by atoms with Crippen LogP contribution in [0.4, 0.5) is 0 Å². The first-order valence-electron chi connectivity index (χ1n) is 5.14. The zero-order chi connectivity index (χ0) is 11.4. The van der Waals surface area contributed by atoms with Crippen molar-refractivity contribution in [1.82, 2.24) is 4.90 Å². The van der Waals surface area contributed by atoms with E-state index in [9.17, 15) is 0 Å². The molecule has 0 bridgehead atoms. The summed E-state index contributed by atoms with van der Waals surface area (Å²) in [6.07, 6.45) is 3.88. The topological polar surface area (TPSA) is 66.6 Å². The maximum absolute atomic E-state index is 8.36. The van der Waals surface area contributed by atoms with Gasteiger partial charge in [-0.2, -0.15) is 0 Å². The van der Waals surface area contributed by atoms with Gasteiger partial charge in [0.1, 0.15) is 0 Å². The van der Waals surface area contributed by atoms with Crippen molar-refractivity contribution >= 4 is 0 Å². The van der Waals surface area contributed by atoms with Gasteiger partial charge in [0.25, 0.3) is 5.09 Å². The smallest absolute Gasteiger partial charge is 0.291 e. The van der Waals surface area contributed by atoms with Gasteiger partial charge in [-0.3, -0.25) is 0 Å². The molecule has 0 saturated carbocycles. The molecule has 0 rings (SSSR count). The molecule has 0 saturated heterocycles. The summed E-state index contributed by atoms with van der Waals surface area (Å²) in [6, 6.07) is 0. The molecule has 0 aliphatic rings. The second-order valence-electron chi connectivity index (χ2n) is 3.08. The fraction of sp³-hybridized carbons (Fsp3) is 1.00. The lowest BCUT2D eigenvalue weighted by Gasteiger charge is -2.19. The van der Waals surface area contributed by atoms with Crippen molar-refractivity contribution < 1.29 is 10.3 Å². The molecular formula is C9H22N2O3. The van der Waals surface area contributed by atoms with Gasteiger partial charge in [-0.1, -0.05) is 20.8 Å². The van der Waals surface area contributed by atoms with Crippen molar-refractivity contribution in [2.45, 2.75) is 40.0 Å². The second-order valence-corrected chi connectivity index (χ2v) is 3.08. The minimum absolute atomic E-state index is 1.28. The van der Waals surface area contributed by atoms with Crippen LogP contribution in [-0.4, -0.2) is 34.8 Å². The predicted molar refractivity (Wildman–Crippen MR) is 56.1 cm³/mol. The summed E-state index contributed by atoms with van der Waals surface area (Å²) in [4.78, 5) is 10.9. The van der Waals surface area contributed by atoms with Crippen LogP contribution in [0.2, 0.25) is 0 Å². The Kier molecular flexibility index (Phi) is 13.6. The molecule has 0 aromatic carbocycles. The number of nitrogens with zero attached hydrogens (tertiary/aromatic N) is 2. The van der Waals surface area contributed by atoms with Gasteiger partial charge in [0.15, 0.2) is 0 Å². The first-order chi connectivity index (χ1) is 6.58. The lowest BCUT2D eigenvalue weighted by molar-refractivity contribution is -0.742. The average Bonchev–Trinajstić information content (AvgIpc) is 2.04. The molecular weight excluding hydrogens is 184 g/mol. The molecule has 0 radical (unpaired) electrons. The van der Waals surface area contributed by atoms with Gasteiger partial charge in [-0.15, -0.1) is 10.1 Å². The monoisotopic (exact) mass is 206 g/mol. The van der Waals surface area contributed by atoms with Gasteiger partial charge in [-0.05, 0) is 38.9 Å². The molecule has 0 aromatic heterocycles. The van der Waals surface area contributed by atoms with E-state index in [1.807, 2.05) is 0 Å². The lowest BCUT2D eigenvalue weighted by atomic mass is 10.3. The zero-order valence-corrected chi connectivity index (χ0v) is 9.40. The first-order valence-corrected chi connectivity index (χ1v) is 5.14. The molecule has 0 fully saturated rings. The van der Waals surface area contributed by atoms with Crippen molar-refractivity contribution in [2.75, 3.05) is 19.6 Å². The molecule has 0 unspecified atom stereocenters. The molecule has 86 valence electrons. The molecule has 0 spiro atoms. The molecule has 0 aromatic rings. The predicted octanol–water partition coefficient (Wildman–Crippen LogP) is 2.17. The van der Waals surface area contributed by atoms with Crippen LogP contribution < -0.4 is 0 Å². The molecule has 0 aliphatic heterocycles. The molecule has 5 heteroatoms. The van der Waals surface area contributed by atoms with Gasteiger partial charge >= 0.3 is 0 Å². The Morgan fingerprint density at radius 3 is 1.43 bits per heavy atom. The van der Waals surface area contributed by atoms with E-state index in [0.29, 0.717) is 0 Å². The molecule has 1 N–H and O–H groups in total. The molecule has 0 atom stereocenters. The first kappa shape index (κ1) is 15.6. The van der Waals surface area contributed by atoms with Crippen molar-refractivity contribution in [2.24, 2.45) is 0 Å². The summed E-state index contributed by atoms with van der Waals surface area (Å²) in [7, 11) is 0. The minimum Gasteiger partial charge on any atom is -0.328 e. The van der Waals surface area contributed by atoms with E-state index in [0.717, 1.165) is 0 Å². The van der Waals surface area contributed by atoms with Crippen LogP contribution in [0.5, 0.6) is 0 Å². The Morgan fingerprint density at radius 1 is 1.07 bits per heavy atom. The fourth-order valence-corrected chi connectivity index (χ4v) is 1.28. The van der Waals surface area contributed by atoms with E-state index in [1.165, 1.54) is 38.9 Å². The third kappa shape index (κ3) is 17.3. The van der Waals surface area contributed by atoms with Crippen LogP contribution >= 0.6 is 0 Å². The largest absolute Gasteiger partial charge is 0.328 e. The minimum atomic E-state index is -1.50. The number of rotatable bonds is 6. The Balaban J connectivity index is 0. The van der Waals surface area contributed by atoms with Crippen LogP contribution in [-0.2, 0) is 0 Å². The quantitative estimate of drug-likeness (QED) is 0.534. The summed E-state index contributed by atoms with van der Waals surface area (Å²) >= 11 is 0. The highest BCUT2D eigenvalue weighted by Gasteiger charge is 1.98. The van der Waals surface area contributed by atoms with Gasteiger partial charge < -0.3 is 10.1 Å². The Bertz CT molecular complexity index is 113. The zero-order valence-electron chi connectivity index (χ0n) is 9.40. The Labute approximate surface area is 85.8 Å². The van der Waals surface area contributed by atoms with E-state index in [-0.39, 0.29) is 0 Å². The lowest BCUT2D eigenvalue weighted by Crippen LogP contribution is -2.25. The van der Waals surface area contributed by atoms with Crippen molar-refractivity contribution in [3.05, 3.63) is 10.1 Å². The van der Waals surface area contributed by atoms with E-state index >= 15 is 0 Å². The highest BCUT2D eigenvalue weighted by Crippen LogP contribution is 1.94. The van der Waals surface area contributed by atoms with E-state index in [1.54, 1.807) is 0 Å². The van der Waals surface area contributed by atoms with E-state index in [4.69, 9.17) is 15.3 Å². The van der Waals surface area contributed by atoms with Crippen LogP contribution in [0.15, 0.2) is 0 Å². The summed E-state index contributed by atoms with van der Waals surface area (Å²) in [5.74, 6) is 0. The average molecular weight is 206 g/mol. The molecule has 14 heavy (non-hydrogen) atoms. The number of hydrogen-bond donors (Lipinski definition) is 1. The van der Waals surface area contributed by atoms with E-state index in [2.05, 4.69) is 25.7 Å². The van der Waals surface area contributed by atoms with Gasteiger partial charge in [0.2, 0.25) is 0 Å². The third-order valence-electron chi connectivity index (χ3n) is 1.62. The summed E-state index contributed by atoms with van der Waals surface area (Å²) in [6.45, 7) is 10.6. The molecule has 5 nitrogen and oxygen atoms in total. The highest BCUT2D eigenvalue weighted by molar-refractivity contribution is 4.53. The molecule has 0 amide bonds. The summed E-state index contributed by atoms with van der Waals surface area (Å²) in [5, 5.41) is 13.6. The van der Waals surface area contributed by atoms with Crippen LogP contribution in [0.25, 0.3) is 0 Å². The molecule has 0 aliphatic carbocycles. The van der Waals surface area contributed by atoms with Crippen LogP contribution in [0.1, 0.15) is 40.0 Å². The van der Waals surface area contributed by atoms with Gasteiger partial charge in [-0.25, -0.2) is 0 Å². The standard InChI is InChI=1S/C9H21N.HNO3/c1-4-7-10(8-5-2)9-6-3;2-1(3)4/h4-9H2,1-3H3;(H,2,3,4). The fourth-order valence-electron chi connectivity index (χ4n) is 1.28. The van der Waals surface area contributed by atoms with Crippen molar-refractivity contribution in [3.63, 3.8) is 0 Å². The maximum Gasteiger partial charge on any atom is 0.291 e. The Hall–Kier alpha value is -0.840. The maximum atomic E-state index is 8.36. The summed E-state index contributed by atoms with van der Waals surface area (Å²) < 4.78 is 0. The molecule has 0 heterocycles. The van der Waals surface area contributed by atoms with Crippen LogP contribution in [0.3, 0.4) is 0 Å². The van der Waals surface area contributed by atoms with Crippen LogP contribution in [0, 0.1) is 10.1 Å². The SMILES string of the molecule is CCCN(CCC)CCC.O=[N+]([O-])O. The highest BCUT2D eigenvalue weighted by atomic mass is 16.9. The Morgan fingerprint density at radius 2 is 1.29 bits per heavy atom. The third-order valence-corrected chi connectivity index (χ3v) is 1.62. The van der Waals surface area contributed by atoms with Gasteiger partial charge in [0, 0.05) is 0 Å². The van der Waals surface area contributed by atoms with E-state index < -0.39 is 5.09 Å². The van der Waals surface area contributed by atoms with Crippen molar-refractivity contribution in [1.29, 1.82) is 0 Å². The number of hydrogen-bond acceptors (Lipinski definition) is 3.